The fourth-order valence-corrected chi connectivity index (χ4v) is 4.22. The molecular weight excluding hydrogens is 310 g/mol. The molecule has 24 heavy (non-hydrogen) atoms. The highest BCUT2D eigenvalue weighted by Gasteiger charge is 2.48. The molecule has 3 aliphatic heterocycles. The van der Waals surface area contributed by atoms with Gasteiger partial charge in [0.1, 0.15) is 19.0 Å². The molecule has 1 N–H and O–H groups in total. The third-order valence-corrected chi connectivity index (χ3v) is 5.54. The maximum Gasteiger partial charge on any atom is 0.165 e. The highest BCUT2D eigenvalue weighted by Crippen LogP contribution is 2.43. The van der Waals surface area contributed by atoms with E-state index in [9.17, 15) is 5.11 Å². The molecule has 6 nitrogen and oxygen atoms in total. The van der Waals surface area contributed by atoms with E-state index in [1.54, 1.807) is 7.11 Å². The van der Waals surface area contributed by atoms with Crippen LogP contribution >= 0.6 is 0 Å². The van der Waals surface area contributed by atoms with Crippen LogP contribution in [0.5, 0.6) is 17.2 Å². The van der Waals surface area contributed by atoms with Crippen molar-refractivity contribution < 1.29 is 24.1 Å². The molecule has 3 aliphatic rings. The number of aliphatic hydroxyl groups excluding tert-OH is 1. The quantitative estimate of drug-likeness (QED) is 0.895. The Bertz CT molecular complexity index is 607. The van der Waals surface area contributed by atoms with Crippen molar-refractivity contribution in [3.8, 4) is 17.2 Å². The van der Waals surface area contributed by atoms with Gasteiger partial charge in [0.25, 0.3) is 0 Å². The summed E-state index contributed by atoms with van der Waals surface area (Å²) in [6, 6.07) is 3.94. The number of hydrogen-bond donors (Lipinski definition) is 1. The number of aliphatic hydroxyl groups is 1. The second kappa shape index (κ2) is 6.43. The number of nitrogens with zero attached hydrogens (tertiary/aromatic N) is 1. The van der Waals surface area contributed by atoms with Crippen LogP contribution in [-0.4, -0.2) is 63.2 Å². The molecule has 0 amide bonds. The number of rotatable bonds is 4. The Balaban J connectivity index is 1.55. The minimum Gasteiger partial charge on any atom is -0.496 e. The zero-order valence-corrected chi connectivity index (χ0v) is 14.1. The molecule has 6 heteroatoms. The van der Waals surface area contributed by atoms with Crippen LogP contribution < -0.4 is 14.2 Å². The SMILES string of the molecule is COc1cc2c(cc1CN1C[C@@H]3CCOC[C@]3(CO)C1)OCCO2. The second-order valence-electron chi connectivity index (χ2n) is 7.04. The summed E-state index contributed by atoms with van der Waals surface area (Å²) >= 11 is 0. The van der Waals surface area contributed by atoms with Crippen molar-refractivity contribution in [3.05, 3.63) is 17.7 Å². The molecule has 2 atom stereocenters. The molecule has 0 spiro atoms. The first-order chi connectivity index (χ1) is 11.7. The number of benzene rings is 1. The molecule has 0 saturated carbocycles. The summed E-state index contributed by atoms with van der Waals surface area (Å²) in [4.78, 5) is 2.39. The van der Waals surface area contributed by atoms with E-state index in [4.69, 9.17) is 18.9 Å². The van der Waals surface area contributed by atoms with Gasteiger partial charge in [-0.1, -0.05) is 0 Å². The highest BCUT2D eigenvalue weighted by atomic mass is 16.6. The Morgan fingerprint density at radius 1 is 1.25 bits per heavy atom. The Kier molecular flexibility index (Phi) is 4.28. The fraction of sp³-hybridized carbons (Fsp3) is 0.667. The normalized spacial score (nSPS) is 29.3. The first-order valence-corrected chi connectivity index (χ1v) is 8.61. The van der Waals surface area contributed by atoms with Crippen LogP contribution in [0.4, 0.5) is 0 Å². The lowest BCUT2D eigenvalue weighted by Gasteiger charge is -2.36. The van der Waals surface area contributed by atoms with Crippen molar-refractivity contribution in [1.29, 1.82) is 0 Å². The molecule has 1 aromatic rings. The Hall–Kier alpha value is -1.50. The van der Waals surface area contributed by atoms with Gasteiger partial charge in [0.05, 0.1) is 20.3 Å². The van der Waals surface area contributed by atoms with Crippen molar-refractivity contribution in [2.45, 2.75) is 13.0 Å². The van der Waals surface area contributed by atoms with Gasteiger partial charge in [-0.05, 0) is 18.4 Å². The van der Waals surface area contributed by atoms with E-state index in [2.05, 4.69) is 4.90 Å². The van der Waals surface area contributed by atoms with E-state index in [0.29, 0.717) is 25.7 Å². The van der Waals surface area contributed by atoms with Gasteiger partial charge in [-0.3, -0.25) is 4.90 Å². The molecule has 2 fully saturated rings. The van der Waals surface area contributed by atoms with Crippen LogP contribution in [0.3, 0.4) is 0 Å². The first kappa shape index (κ1) is 16.0. The van der Waals surface area contributed by atoms with Crippen LogP contribution in [0.15, 0.2) is 12.1 Å². The van der Waals surface area contributed by atoms with Gasteiger partial charge in [-0.15, -0.1) is 0 Å². The van der Waals surface area contributed by atoms with Gasteiger partial charge in [0, 0.05) is 43.3 Å². The summed E-state index contributed by atoms with van der Waals surface area (Å²) < 4.78 is 22.5. The number of likely N-dealkylation sites (tertiary alicyclic amines) is 1. The molecule has 0 bridgehead atoms. The Morgan fingerprint density at radius 3 is 2.75 bits per heavy atom. The number of fused-ring (bicyclic) bond motifs is 2. The smallest absolute Gasteiger partial charge is 0.165 e. The fourth-order valence-electron chi connectivity index (χ4n) is 4.22. The minimum absolute atomic E-state index is 0.112. The lowest BCUT2D eigenvalue weighted by atomic mass is 9.76. The average molecular weight is 335 g/mol. The third kappa shape index (κ3) is 2.72. The predicted octanol–water partition coefficient (Wildman–Crippen LogP) is 1.30. The average Bonchev–Trinajstić information content (AvgIpc) is 2.99. The summed E-state index contributed by atoms with van der Waals surface area (Å²) in [7, 11) is 1.68. The molecule has 2 saturated heterocycles. The molecule has 0 radical (unpaired) electrons. The standard InChI is InChI=1S/C18H25NO5/c1-21-15-7-17-16(23-4-5-24-17)6-13(15)8-19-9-14-2-3-22-12-18(14,10-19)11-20/h6-7,14,20H,2-5,8-12H2,1H3/t14-,18+/m0/s1. The minimum atomic E-state index is -0.112. The summed E-state index contributed by atoms with van der Waals surface area (Å²) in [6.07, 6.45) is 1.02. The van der Waals surface area contributed by atoms with E-state index in [1.807, 2.05) is 12.1 Å². The summed E-state index contributed by atoms with van der Waals surface area (Å²) in [5, 5.41) is 9.93. The maximum atomic E-state index is 9.93. The third-order valence-electron chi connectivity index (χ3n) is 5.54. The van der Waals surface area contributed by atoms with Crippen molar-refractivity contribution in [2.24, 2.45) is 11.3 Å². The van der Waals surface area contributed by atoms with Gasteiger partial charge in [0.2, 0.25) is 0 Å². The van der Waals surface area contributed by atoms with Crippen molar-refractivity contribution in [3.63, 3.8) is 0 Å². The van der Waals surface area contributed by atoms with Crippen LogP contribution in [0.1, 0.15) is 12.0 Å². The zero-order valence-electron chi connectivity index (χ0n) is 14.1. The highest BCUT2D eigenvalue weighted by molar-refractivity contribution is 5.51. The van der Waals surface area contributed by atoms with Gasteiger partial charge >= 0.3 is 0 Å². The molecule has 4 rings (SSSR count). The lowest BCUT2D eigenvalue weighted by Crippen LogP contribution is -2.42. The van der Waals surface area contributed by atoms with Crippen LogP contribution in [0.25, 0.3) is 0 Å². The Labute approximate surface area is 142 Å². The maximum absolute atomic E-state index is 9.93. The van der Waals surface area contributed by atoms with Crippen molar-refractivity contribution in [1.82, 2.24) is 4.90 Å². The lowest BCUT2D eigenvalue weighted by molar-refractivity contribution is -0.0561. The van der Waals surface area contributed by atoms with Gasteiger partial charge in [-0.2, -0.15) is 0 Å². The van der Waals surface area contributed by atoms with E-state index >= 15 is 0 Å². The molecule has 0 aromatic heterocycles. The van der Waals surface area contributed by atoms with Gasteiger partial charge in [-0.25, -0.2) is 0 Å². The van der Waals surface area contributed by atoms with Crippen LogP contribution in [-0.2, 0) is 11.3 Å². The molecular formula is C18H25NO5. The largest absolute Gasteiger partial charge is 0.496 e. The van der Waals surface area contributed by atoms with Crippen molar-refractivity contribution in [2.75, 3.05) is 53.2 Å². The molecule has 1 aromatic carbocycles. The van der Waals surface area contributed by atoms with Crippen LogP contribution in [0.2, 0.25) is 0 Å². The van der Waals surface area contributed by atoms with Crippen LogP contribution in [0, 0.1) is 11.3 Å². The topological polar surface area (TPSA) is 60.4 Å². The van der Waals surface area contributed by atoms with E-state index in [-0.39, 0.29) is 12.0 Å². The van der Waals surface area contributed by atoms with Gasteiger partial charge < -0.3 is 24.1 Å². The number of ether oxygens (including phenoxy) is 4. The molecule has 3 heterocycles. The molecule has 132 valence electrons. The summed E-state index contributed by atoms with van der Waals surface area (Å²) in [5.41, 5.74) is 0.980. The first-order valence-electron chi connectivity index (χ1n) is 8.61. The second-order valence-corrected chi connectivity index (χ2v) is 7.04. The molecule has 0 unspecified atom stereocenters. The van der Waals surface area contributed by atoms with Gasteiger partial charge in [0.15, 0.2) is 11.5 Å². The number of hydrogen-bond acceptors (Lipinski definition) is 6. The zero-order chi connectivity index (χ0) is 16.6. The summed E-state index contributed by atoms with van der Waals surface area (Å²) in [5.74, 6) is 2.86. The number of methoxy groups -OCH3 is 1. The van der Waals surface area contributed by atoms with E-state index < -0.39 is 0 Å². The molecule has 0 aliphatic carbocycles. The van der Waals surface area contributed by atoms with E-state index in [0.717, 1.165) is 55.5 Å². The Morgan fingerprint density at radius 2 is 2.04 bits per heavy atom. The van der Waals surface area contributed by atoms with Crippen molar-refractivity contribution >= 4 is 0 Å². The predicted molar refractivity (Wildman–Crippen MR) is 87.7 cm³/mol. The monoisotopic (exact) mass is 335 g/mol. The van der Waals surface area contributed by atoms with E-state index in [1.165, 1.54) is 0 Å². The summed E-state index contributed by atoms with van der Waals surface area (Å²) in [6.45, 7) is 5.41.